The van der Waals surface area contributed by atoms with Gasteiger partial charge in [0.2, 0.25) is 0 Å². The quantitative estimate of drug-likeness (QED) is 0.276. The number of hydrogen-bond donors (Lipinski definition) is 0. The molecule has 0 atom stereocenters. The molecule has 2 aromatic carbocycles. The Morgan fingerprint density at radius 2 is 1.79 bits per heavy atom. The van der Waals surface area contributed by atoms with E-state index in [0.717, 1.165) is 22.4 Å². The van der Waals surface area contributed by atoms with Crippen LogP contribution in [-0.4, -0.2) is 18.9 Å². The minimum absolute atomic E-state index is 0.122. The molecule has 0 saturated heterocycles. The number of thioether (sulfide) groups is 1. The molecule has 0 N–H and O–H groups in total. The first kappa shape index (κ1) is 21.3. The number of halogens is 3. The highest BCUT2D eigenvalue weighted by atomic mass is 35.5. The van der Waals surface area contributed by atoms with Crippen molar-refractivity contribution < 1.29 is 8.78 Å². The second kappa shape index (κ2) is 8.42. The van der Waals surface area contributed by atoms with E-state index in [-0.39, 0.29) is 22.2 Å². The molecular formula is C23H13ClF2N4O2S. The van der Waals surface area contributed by atoms with Crippen LogP contribution in [0.1, 0.15) is 5.69 Å². The van der Waals surface area contributed by atoms with E-state index in [1.54, 1.807) is 36.4 Å². The van der Waals surface area contributed by atoms with Gasteiger partial charge < -0.3 is 0 Å². The van der Waals surface area contributed by atoms with Gasteiger partial charge in [-0.25, -0.2) is 18.7 Å². The van der Waals surface area contributed by atoms with Gasteiger partial charge in [0.25, 0.3) is 11.1 Å². The summed E-state index contributed by atoms with van der Waals surface area (Å²) in [5.74, 6) is -1.47. The number of pyridine rings is 1. The van der Waals surface area contributed by atoms with Crippen molar-refractivity contribution in [3.05, 3.63) is 110 Å². The van der Waals surface area contributed by atoms with E-state index in [9.17, 15) is 18.4 Å². The van der Waals surface area contributed by atoms with Gasteiger partial charge in [-0.05, 0) is 36.4 Å². The summed E-state index contributed by atoms with van der Waals surface area (Å²) in [5, 5.41) is 0.881. The molecule has 0 amide bonds. The lowest BCUT2D eigenvalue weighted by molar-refractivity contribution is 0.572. The molecule has 0 unspecified atom stereocenters. The predicted octanol–water partition coefficient (Wildman–Crippen LogP) is 4.62. The molecular weight excluding hydrogens is 470 g/mol. The summed E-state index contributed by atoms with van der Waals surface area (Å²) in [5.41, 5.74) is 0.367. The van der Waals surface area contributed by atoms with Crippen LogP contribution in [0.5, 0.6) is 0 Å². The number of nitrogens with zero attached hydrogens (tertiary/aromatic N) is 4. The molecule has 3 heterocycles. The lowest BCUT2D eigenvalue weighted by atomic mass is 10.2. The van der Waals surface area contributed by atoms with Gasteiger partial charge in [0.1, 0.15) is 17.3 Å². The highest BCUT2D eigenvalue weighted by molar-refractivity contribution is 7.98. The van der Waals surface area contributed by atoms with Crippen LogP contribution in [-0.2, 0) is 5.75 Å². The van der Waals surface area contributed by atoms with Gasteiger partial charge in [-0.15, -0.1) is 0 Å². The summed E-state index contributed by atoms with van der Waals surface area (Å²) in [4.78, 5) is 34.7. The second-order valence-electron chi connectivity index (χ2n) is 7.10. The Morgan fingerprint density at radius 3 is 2.61 bits per heavy atom. The van der Waals surface area contributed by atoms with Crippen molar-refractivity contribution in [3.8, 4) is 5.69 Å². The molecule has 0 aliphatic carbocycles. The van der Waals surface area contributed by atoms with E-state index in [0.29, 0.717) is 33.3 Å². The fourth-order valence-corrected chi connectivity index (χ4v) is 4.48. The molecule has 33 heavy (non-hydrogen) atoms. The highest BCUT2D eigenvalue weighted by Crippen LogP contribution is 2.25. The molecule has 0 fully saturated rings. The molecule has 5 aromatic rings. The van der Waals surface area contributed by atoms with Crippen molar-refractivity contribution >= 4 is 39.9 Å². The Morgan fingerprint density at radius 1 is 0.970 bits per heavy atom. The topological polar surface area (TPSA) is 69.3 Å². The van der Waals surface area contributed by atoms with Crippen LogP contribution in [0, 0.1) is 11.6 Å². The first-order valence-corrected chi connectivity index (χ1v) is 11.0. The number of hydrogen-bond acceptors (Lipinski definition) is 5. The Hall–Kier alpha value is -3.56. The Balaban J connectivity index is 1.62. The lowest BCUT2D eigenvalue weighted by Gasteiger charge is -2.14. The molecule has 5 rings (SSSR count). The maximum absolute atomic E-state index is 14.6. The molecule has 0 aliphatic heterocycles. The predicted molar refractivity (Wildman–Crippen MR) is 123 cm³/mol. The largest absolute Gasteiger partial charge is 0.269 e. The third-order valence-corrected chi connectivity index (χ3v) is 6.12. The van der Waals surface area contributed by atoms with E-state index < -0.39 is 17.2 Å². The van der Waals surface area contributed by atoms with Crippen molar-refractivity contribution in [1.29, 1.82) is 0 Å². The maximum atomic E-state index is 14.6. The second-order valence-corrected chi connectivity index (χ2v) is 8.48. The van der Waals surface area contributed by atoms with Crippen LogP contribution < -0.4 is 11.1 Å². The van der Waals surface area contributed by atoms with E-state index in [1.165, 1.54) is 22.7 Å². The molecule has 0 radical (unpaired) electrons. The molecule has 0 saturated carbocycles. The van der Waals surface area contributed by atoms with Gasteiger partial charge in [-0.3, -0.25) is 18.6 Å². The number of fused-ring (bicyclic) bond motifs is 2. The Kier molecular flexibility index (Phi) is 5.43. The van der Waals surface area contributed by atoms with Crippen LogP contribution in [0.25, 0.3) is 22.2 Å². The summed E-state index contributed by atoms with van der Waals surface area (Å²) < 4.78 is 30.5. The summed E-state index contributed by atoms with van der Waals surface area (Å²) in [7, 11) is 0. The number of benzene rings is 2. The van der Waals surface area contributed by atoms with Gasteiger partial charge in [-0.2, -0.15) is 0 Å². The van der Waals surface area contributed by atoms with Crippen LogP contribution in [0.15, 0.2) is 81.6 Å². The highest BCUT2D eigenvalue weighted by Gasteiger charge is 2.17. The summed E-state index contributed by atoms with van der Waals surface area (Å²) in [6.07, 6.45) is 1.48. The normalized spacial score (nSPS) is 11.4. The lowest BCUT2D eigenvalue weighted by Crippen LogP contribution is -2.23. The summed E-state index contributed by atoms with van der Waals surface area (Å²) >= 11 is 7.06. The Labute approximate surface area is 194 Å². The van der Waals surface area contributed by atoms with Crippen molar-refractivity contribution in [2.24, 2.45) is 0 Å². The smallest absolute Gasteiger partial charge is 0.266 e. The Bertz CT molecular complexity index is 1670. The molecule has 3 aromatic heterocycles. The van der Waals surface area contributed by atoms with E-state index in [4.69, 9.17) is 11.6 Å². The molecule has 0 aliphatic rings. The van der Waals surface area contributed by atoms with E-state index >= 15 is 0 Å². The minimum Gasteiger partial charge on any atom is -0.269 e. The zero-order chi connectivity index (χ0) is 23.1. The van der Waals surface area contributed by atoms with Gasteiger partial charge >= 0.3 is 0 Å². The molecule has 0 spiro atoms. The molecule has 6 nitrogen and oxygen atoms in total. The van der Waals surface area contributed by atoms with Crippen molar-refractivity contribution in [1.82, 2.24) is 18.9 Å². The minimum atomic E-state index is -0.894. The summed E-state index contributed by atoms with van der Waals surface area (Å²) in [6.45, 7) is 0. The molecule has 164 valence electrons. The average molecular weight is 483 g/mol. The van der Waals surface area contributed by atoms with Crippen molar-refractivity contribution in [2.75, 3.05) is 0 Å². The molecule has 0 bridgehead atoms. The number of para-hydroxylation sites is 1. The monoisotopic (exact) mass is 482 g/mol. The zero-order valence-electron chi connectivity index (χ0n) is 16.7. The number of rotatable bonds is 4. The van der Waals surface area contributed by atoms with E-state index in [2.05, 4.69) is 9.97 Å². The van der Waals surface area contributed by atoms with Gasteiger partial charge in [-0.1, -0.05) is 35.5 Å². The summed E-state index contributed by atoms with van der Waals surface area (Å²) in [6, 6.07) is 14.3. The van der Waals surface area contributed by atoms with E-state index in [1.807, 2.05) is 0 Å². The van der Waals surface area contributed by atoms with Crippen LogP contribution >= 0.6 is 23.4 Å². The SMILES string of the molecule is O=c1c2ccccc2nc(SCc2cc(=O)n3cc(Cl)ccc3n2)n1-c1ccc(F)cc1F. The van der Waals surface area contributed by atoms with Gasteiger partial charge in [0.05, 0.1) is 27.3 Å². The maximum Gasteiger partial charge on any atom is 0.266 e. The third-order valence-electron chi connectivity index (χ3n) is 4.92. The van der Waals surface area contributed by atoms with Gasteiger partial charge in [0, 0.05) is 24.1 Å². The third kappa shape index (κ3) is 4.01. The first-order chi connectivity index (χ1) is 15.9. The van der Waals surface area contributed by atoms with Crippen LogP contribution in [0.3, 0.4) is 0 Å². The average Bonchev–Trinajstić information content (AvgIpc) is 2.79. The van der Waals surface area contributed by atoms with Gasteiger partial charge in [0.15, 0.2) is 5.16 Å². The number of aromatic nitrogens is 4. The standard InChI is InChI=1S/C23H13ClF2N4O2S/c24-13-5-8-20-27-15(10-21(31)29(20)11-13)12-33-23-28-18-4-2-1-3-16(18)22(32)30(23)19-7-6-14(25)9-17(19)26/h1-11H,12H2. The first-order valence-electron chi connectivity index (χ1n) is 9.68. The van der Waals surface area contributed by atoms with Crippen LogP contribution in [0.2, 0.25) is 5.02 Å². The fourth-order valence-electron chi connectivity index (χ4n) is 3.42. The molecule has 10 heteroatoms. The van der Waals surface area contributed by atoms with Crippen LogP contribution in [0.4, 0.5) is 8.78 Å². The van der Waals surface area contributed by atoms with Crippen molar-refractivity contribution in [3.63, 3.8) is 0 Å². The van der Waals surface area contributed by atoms with Crippen molar-refractivity contribution in [2.45, 2.75) is 10.9 Å². The zero-order valence-corrected chi connectivity index (χ0v) is 18.3. The fraction of sp³-hybridized carbons (Fsp3) is 0.0435.